The molecule has 2 aromatic rings. The summed E-state index contributed by atoms with van der Waals surface area (Å²) in [5.74, 6) is -1.77. The van der Waals surface area contributed by atoms with Crippen LogP contribution < -0.4 is 4.72 Å². The highest BCUT2D eigenvalue weighted by atomic mass is 35.5. The normalized spacial score (nSPS) is 11.5. The molecule has 0 amide bonds. The summed E-state index contributed by atoms with van der Waals surface area (Å²) in [5.41, 5.74) is 0.436. The molecule has 9 heteroatoms. The summed E-state index contributed by atoms with van der Waals surface area (Å²) in [6.45, 7) is 1.30. The van der Waals surface area contributed by atoms with Crippen LogP contribution in [0.3, 0.4) is 0 Å². The van der Waals surface area contributed by atoms with Crippen LogP contribution in [0.2, 0.25) is 5.02 Å². The Bertz CT molecular complexity index is 785. The van der Waals surface area contributed by atoms with Crippen molar-refractivity contribution in [3.05, 3.63) is 46.6 Å². The molecule has 0 unspecified atom stereocenters. The summed E-state index contributed by atoms with van der Waals surface area (Å²) in [6.07, 6.45) is 1.46. The number of halogens is 1. The van der Waals surface area contributed by atoms with Gasteiger partial charge in [-0.25, -0.2) is 17.9 Å². The van der Waals surface area contributed by atoms with E-state index >= 15 is 0 Å². The molecule has 112 valence electrons. The third kappa shape index (κ3) is 3.60. The predicted molar refractivity (Wildman–Crippen MR) is 73.7 cm³/mol. The number of rotatable bonds is 5. The third-order valence-corrected chi connectivity index (χ3v) is 4.34. The molecule has 0 spiro atoms. The van der Waals surface area contributed by atoms with Crippen LogP contribution in [0.1, 0.15) is 22.0 Å². The lowest BCUT2D eigenvalue weighted by Crippen LogP contribution is -2.23. The molecule has 7 nitrogen and oxygen atoms in total. The van der Waals surface area contributed by atoms with Gasteiger partial charge in [0.15, 0.2) is 0 Å². The van der Waals surface area contributed by atoms with Gasteiger partial charge in [-0.3, -0.25) is 4.98 Å². The second-order valence-electron chi connectivity index (χ2n) is 4.13. The topological polar surface area (TPSA) is 109 Å². The van der Waals surface area contributed by atoms with Gasteiger partial charge >= 0.3 is 5.97 Å². The second-order valence-corrected chi connectivity index (χ2v) is 6.30. The highest BCUT2D eigenvalue weighted by Crippen LogP contribution is 2.20. The largest absolute Gasteiger partial charge is 0.475 e. The number of aromatic nitrogens is 1. The summed E-state index contributed by atoms with van der Waals surface area (Å²) in [7, 11) is -3.90. The average molecular weight is 331 g/mol. The molecule has 2 aromatic heterocycles. The molecule has 0 saturated heterocycles. The fourth-order valence-corrected chi connectivity index (χ4v) is 2.99. The number of aromatic carboxylic acids is 1. The Morgan fingerprint density at radius 1 is 1.48 bits per heavy atom. The monoisotopic (exact) mass is 330 g/mol. The van der Waals surface area contributed by atoms with Gasteiger partial charge in [0.25, 0.3) is 0 Å². The number of hydrogen-bond acceptors (Lipinski definition) is 5. The van der Waals surface area contributed by atoms with Crippen LogP contribution in [-0.2, 0) is 16.6 Å². The lowest BCUT2D eigenvalue weighted by atomic mass is 10.3. The minimum atomic E-state index is -3.90. The fourth-order valence-electron chi connectivity index (χ4n) is 1.63. The Labute approximate surface area is 125 Å². The first-order chi connectivity index (χ1) is 9.79. The van der Waals surface area contributed by atoms with E-state index in [1.165, 1.54) is 19.2 Å². The SMILES string of the molecule is Cc1oc(C(=O)O)cc1S(=O)(=O)NCc1cc(Cl)ccn1. The van der Waals surface area contributed by atoms with Crippen LogP contribution in [0.4, 0.5) is 0 Å². The number of pyridine rings is 1. The number of nitrogens with one attached hydrogen (secondary N) is 1. The number of carboxylic acid groups (broad SMARTS) is 1. The van der Waals surface area contributed by atoms with Crippen molar-refractivity contribution in [2.24, 2.45) is 0 Å². The minimum Gasteiger partial charge on any atom is -0.475 e. The molecule has 0 atom stereocenters. The van der Waals surface area contributed by atoms with E-state index in [4.69, 9.17) is 21.1 Å². The van der Waals surface area contributed by atoms with Crippen molar-refractivity contribution in [2.45, 2.75) is 18.4 Å². The number of aryl methyl sites for hydroxylation is 1. The van der Waals surface area contributed by atoms with Crippen LogP contribution in [0, 0.1) is 6.92 Å². The van der Waals surface area contributed by atoms with E-state index in [2.05, 4.69) is 9.71 Å². The summed E-state index contributed by atoms with van der Waals surface area (Å²) < 4.78 is 31.4. The highest BCUT2D eigenvalue weighted by Gasteiger charge is 2.23. The zero-order valence-corrected chi connectivity index (χ0v) is 12.4. The first kappa shape index (κ1) is 15.5. The maximum absolute atomic E-state index is 12.1. The lowest BCUT2D eigenvalue weighted by molar-refractivity contribution is 0.0661. The first-order valence-corrected chi connectivity index (χ1v) is 7.59. The summed E-state index contributed by atoms with van der Waals surface area (Å²) >= 11 is 5.78. The van der Waals surface area contributed by atoms with Gasteiger partial charge in [0, 0.05) is 17.3 Å². The zero-order chi connectivity index (χ0) is 15.6. The van der Waals surface area contributed by atoms with Gasteiger partial charge in [-0.1, -0.05) is 11.6 Å². The molecule has 2 N–H and O–H groups in total. The van der Waals surface area contributed by atoms with Crippen LogP contribution in [0.25, 0.3) is 0 Å². The lowest BCUT2D eigenvalue weighted by Gasteiger charge is -2.05. The Morgan fingerprint density at radius 3 is 2.76 bits per heavy atom. The van der Waals surface area contributed by atoms with Crippen molar-refractivity contribution in [3.8, 4) is 0 Å². The molecule has 0 aromatic carbocycles. The molecular formula is C12H11ClN2O5S. The quantitative estimate of drug-likeness (QED) is 0.865. The number of sulfonamides is 1. The van der Waals surface area contributed by atoms with E-state index < -0.39 is 21.8 Å². The smallest absolute Gasteiger partial charge is 0.371 e. The molecular weight excluding hydrogens is 320 g/mol. The molecule has 0 saturated carbocycles. The van der Waals surface area contributed by atoms with Crippen molar-refractivity contribution >= 4 is 27.6 Å². The van der Waals surface area contributed by atoms with E-state index in [0.29, 0.717) is 10.7 Å². The standard InChI is InChI=1S/C12H11ClN2O5S/c1-7-11(5-10(20-7)12(16)17)21(18,19)15-6-9-4-8(13)2-3-14-9/h2-5,15H,6H2,1H3,(H,16,17). The number of hydrogen-bond donors (Lipinski definition) is 2. The molecule has 2 heterocycles. The van der Waals surface area contributed by atoms with Crippen LogP contribution in [-0.4, -0.2) is 24.5 Å². The molecule has 0 aliphatic rings. The van der Waals surface area contributed by atoms with Crippen molar-refractivity contribution in [3.63, 3.8) is 0 Å². The molecule has 0 radical (unpaired) electrons. The Balaban J connectivity index is 2.21. The van der Waals surface area contributed by atoms with Crippen molar-refractivity contribution in [1.82, 2.24) is 9.71 Å². The maximum Gasteiger partial charge on any atom is 0.371 e. The van der Waals surface area contributed by atoms with E-state index in [1.54, 1.807) is 6.07 Å². The molecule has 21 heavy (non-hydrogen) atoms. The Hall–Kier alpha value is -1.90. The third-order valence-electron chi connectivity index (χ3n) is 2.59. The van der Waals surface area contributed by atoms with Gasteiger partial charge in [0.1, 0.15) is 10.7 Å². The van der Waals surface area contributed by atoms with Gasteiger partial charge in [0.05, 0.1) is 12.2 Å². The molecule has 0 bridgehead atoms. The number of carboxylic acids is 1. The average Bonchev–Trinajstić information content (AvgIpc) is 2.80. The van der Waals surface area contributed by atoms with Crippen molar-refractivity contribution < 1.29 is 22.7 Å². The van der Waals surface area contributed by atoms with E-state index in [-0.39, 0.29) is 17.2 Å². The minimum absolute atomic E-state index is 0.000969. The number of carbonyl (C=O) groups is 1. The molecule has 0 aliphatic carbocycles. The maximum atomic E-state index is 12.1. The predicted octanol–water partition coefficient (Wildman–Crippen LogP) is 1.81. The van der Waals surface area contributed by atoms with Crippen molar-refractivity contribution in [1.29, 1.82) is 0 Å². The van der Waals surface area contributed by atoms with Crippen LogP contribution in [0.15, 0.2) is 33.7 Å². The number of furan rings is 1. The van der Waals surface area contributed by atoms with E-state index in [9.17, 15) is 13.2 Å². The van der Waals surface area contributed by atoms with E-state index in [1.807, 2.05) is 0 Å². The zero-order valence-electron chi connectivity index (χ0n) is 10.8. The van der Waals surface area contributed by atoms with Crippen LogP contribution >= 0.6 is 11.6 Å². The molecule has 0 fully saturated rings. The fraction of sp³-hybridized carbons (Fsp3) is 0.167. The highest BCUT2D eigenvalue weighted by molar-refractivity contribution is 7.89. The van der Waals surface area contributed by atoms with Gasteiger partial charge in [-0.05, 0) is 19.1 Å². The van der Waals surface area contributed by atoms with Crippen LogP contribution in [0.5, 0.6) is 0 Å². The summed E-state index contributed by atoms with van der Waals surface area (Å²) in [4.78, 5) is 14.5. The Morgan fingerprint density at radius 2 is 2.19 bits per heavy atom. The van der Waals surface area contributed by atoms with Gasteiger partial charge in [-0.2, -0.15) is 0 Å². The number of nitrogens with zero attached hydrogens (tertiary/aromatic N) is 1. The first-order valence-electron chi connectivity index (χ1n) is 5.73. The van der Waals surface area contributed by atoms with Gasteiger partial charge in [-0.15, -0.1) is 0 Å². The van der Waals surface area contributed by atoms with Gasteiger partial charge in [0.2, 0.25) is 15.8 Å². The van der Waals surface area contributed by atoms with Gasteiger partial charge < -0.3 is 9.52 Å². The summed E-state index contributed by atoms with van der Waals surface area (Å²) in [5, 5.41) is 9.23. The molecule has 0 aliphatic heterocycles. The van der Waals surface area contributed by atoms with Crippen molar-refractivity contribution in [2.75, 3.05) is 0 Å². The second kappa shape index (κ2) is 5.84. The molecule has 2 rings (SSSR count). The summed E-state index contributed by atoms with van der Waals surface area (Å²) in [6, 6.07) is 4.05. The van der Waals surface area contributed by atoms with E-state index in [0.717, 1.165) is 6.07 Å². The Kier molecular flexibility index (Phi) is 4.31.